The lowest BCUT2D eigenvalue weighted by Crippen LogP contribution is -2.11. The summed E-state index contributed by atoms with van der Waals surface area (Å²) in [5, 5.41) is 19.3. The predicted molar refractivity (Wildman–Crippen MR) is 105 cm³/mol. The number of nitro benzene ring substituents is 1. The van der Waals surface area contributed by atoms with Gasteiger partial charge in [-0.1, -0.05) is 21.1 Å². The first-order chi connectivity index (χ1) is 13.1. The summed E-state index contributed by atoms with van der Waals surface area (Å²) < 4.78 is 6.40. The van der Waals surface area contributed by atoms with Crippen LogP contribution in [0.15, 0.2) is 63.7 Å². The molecule has 2 heterocycles. The molecule has 27 heavy (non-hydrogen) atoms. The fraction of sp³-hybridized carbons (Fsp3) is 0.105. The zero-order chi connectivity index (χ0) is 18.8. The van der Waals surface area contributed by atoms with E-state index in [9.17, 15) is 10.1 Å². The fourth-order valence-corrected chi connectivity index (χ4v) is 3.26. The number of rotatable bonds is 6. The van der Waals surface area contributed by atoms with Crippen LogP contribution in [0.25, 0.3) is 22.2 Å². The van der Waals surface area contributed by atoms with E-state index < -0.39 is 4.92 Å². The monoisotopic (exact) mass is 426 g/mol. The van der Waals surface area contributed by atoms with Crippen LogP contribution in [0.2, 0.25) is 0 Å². The van der Waals surface area contributed by atoms with Gasteiger partial charge in [-0.05, 0) is 35.9 Å². The number of hydrogen-bond acceptors (Lipinski definition) is 5. The number of fused-ring (bicyclic) bond motifs is 1. The normalized spacial score (nSPS) is 11.1. The minimum Gasteiger partial charge on any atom is -0.361 e. The average Bonchev–Trinajstić information content (AvgIpc) is 3.29. The first kappa shape index (κ1) is 17.4. The van der Waals surface area contributed by atoms with E-state index in [1.807, 2.05) is 24.4 Å². The molecule has 8 heteroatoms. The molecule has 0 fully saturated rings. The molecule has 0 aliphatic rings. The SMILES string of the molecule is O=[N+]([O-])c1ccc(-c2cc(CNCc3c[nH]c4ccc(Br)cc34)on2)cc1. The van der Waals surface area contributed by atoms with E-state index in [-0.39, 0.29) is 5.69 Å². The van der Waals surface area contributed by atoms with E-state index in [4.69, 9.17) is 4.52 Å². The lowest BCUT2D eigenvalue weighted by Gasteiger charge is -2.01. The third-order valence-electron chi connectivity index (χ3n) is 4.28. The molecule has 0 spiro atoms. The Morgan fingerprint density at radius 3 is 2.74 bits per heavy atom. The van der Waals surface area contributed by atoms with Crippen molar-refractivity contribution in [1.29, 1.82) is 0 Å². The maximum Gasteiger partial charge on any atom is 0.269 e. The number of benzene rings is 2. The molecule has 0 aliphatic heterocycles. The number of hydrogen-bond donors (Lipinski definition) is 2. The van der Waals surface area contributed by atoms with E-state index in [1.165, 1.54) is 23.1 Å². The lowest BCUT2D eigenvalue weighted by atomic mass is 10.1. The molecule has 2 N–H and O–H groups in total. The molecular weight excluding hydrogens is 412 g/mol. The summed E-state index contributed by atoms with van der Waals surface area (Å²) >= 11 is 3.50. The van der Waals surface area contributed by atoms with Gasteiger partial charge < -0.3 is 14.8 Å². The Labute approximate surface area is 162 Å². The minimum atomic E-state index is -0.425. The van der Waals surface area contributed by atoms with Crippen LogP contribution in [-0.2, 0) is 13.1 Å². The fourth-order valence-electron chi connectivity index (χ4n) is 2.90. The molecule has 0 saturated heterocycles. The number of aromatic amines is 1. The second-order valence-corrected chi connectivity index (χ2v) is 7.01. The molecule has 0 saturated carbocycles. The van der Waals surface area contributed by atoms with Gasteiger partial charge >= 0.3 is 0 Å². The van der Waals surface area contributed by atoms with Gasteiger partial charge in [0.05, 0.1) is 11.5 Å². The Balaban J connectivity index is 1.40. The zero-order valence-corrected chi connectivity index (χ0v) is 15.7. The number of nitrogens with zero attached hydrogens (tertiary/aromatic N) is 2. The third kappa shape index (κ3) is 3.76. The van der Waals surface area contributed by atoms with Gasteiger partial charge in [-0.25, -0.2) is 0 Å². The van der Waals surface area contributed by atoms with Crippen LogP contribution in [0.3, 0.4) is 0 Å². The molecule has 2 aromatic heterocycles. The first-order valence-corrected chi connectivity index (χ1v) is 9.06. The van der Waals surface area contributed by atoms with Gasteiger partial charge in [0.25, 0.3) is 5.69 Å². The highest BCUT2D eigenvalue weighted by atomic mass is 79.9. The van der Waals surface area contributed by atoms with Crippen LogP contribution in [0.4, 0.5) is 5.69 Å². The Morgan fingerprint density at radius 1 is 1.15 bits per heavy atom. The minimum absolute atomic E-state index is 0.0505. The van der Waals surface area contributed by atoms with Crippen LogP contribution in [-0.4, -0.2) is 15.1 Å². The van der Waals surface area contributed by atoms with Crippen LogP contribution in [0.1, 0.15) is 11.3 Å². The van der Waals surface area contributed by atoms with Crippen molar-refractivity contribution in [1.82, 2.24) is 15.5 Å². The van der Waals surface area contributed by atoms with E-state index >= 15 is 0 Å². The van der Waals surface area contributed by atoms with Crippen LogP contribution in [0.5, 0.6) is 0 Å². The topological polar surface area (TPSA) is 97.0 Å². The Kier molecular flexibility index (Phi) is 4.74. The summed E-state index contributed by atoms with van der Waals surface area (Å²) in [6.07, 6.45) is 1.99. The predicted octanol–water partition coefficient (Wildman–Crippen LogP) is 4.78. The molecule has 4 rings (SSSR count). The number of nitro groups is 1. The molecule has 4 aromatic rings. The van der Waals surface area contributed by atoms with Crippen molar-refractivity contribution in [3.05, 3.63) is 80.6 Å². The van der Waals surface area contributed by atoms with E-state index in [1.54, 1.807) is 12.1 Å². The zero-order valence-electron chi connectivity index (χ0n) is 14.1. The van der Waals surface area contributed by atoms with Crippen molar-refractivity contribution >= 4 is 32.5 Å². The van der Waals surface area contributed by atoms with Crippen LogP contribution >= 0.6 is 15.9 Å². The van der Waals surface area contributed by atoms with Gasteiger partial charge in [0.15, 0.2) is 5.76 Å². The number of aromatic nitrogens is 2. The maximum absolute atomic E-state index is 10.7. The smallest absolute Gasteiger partial charge is 0.269 e. The van der Waals surface area contributed by atoms with E-state index in [0.717, 1.165) is 15.6 Å². The van der Waals surface area contributed by atoms with Gasteiger partial charge in [0, 0.05) is 51.9 Å². The summed E-state index contributed by atoms with van der Waals surface area (Å²) in [6.45, 7) is 1.21. The number of nitrogens with one attached hydrogen (secondary N) is 2. The number of halogens is 1. The van der Waals surface area contributed by atoms with E-state index in [2.05, 4.69) is 37.5 Å². The molecular formula is C19H15BrN4O3. The van der Waals surface area contributed by atoms with Crippen LogP contribution < -0.4 is 5.32 Å². The second kappa shape index (κ2) is 7.34. The van der Waals surface area contributed by atoms with Crippen molar-refractivity contribution in [2.24, 2.45) is 0 Å². The van der Waals surface area contributed by atoms with Crippen molar-refractivity contribution in [2.45, 2.75) is 13.1 Å². The largest absolute Gasteiger partial charge is 0.361 e. The quantitative estimate of drug-likeness (QED) is 0.341. The molecule has 0 amide bonds. The van der Waals surface area contributed by atoms with Gasteiger partial charge in [0.1, 0.15) is 5.69 Å². The Hall–Kier alpha value is -2.97. The molecule has 7 nitrogen and oxygen atoms in total. The summed E-state index contributed by atoms with van der Waals surface area (Å²) in [4.78, 5) is 13.6. The second-order valence-electron chi connectivity index (χ2n) is 6.09. The summed E-state index contributed by atoms with van der Waals surface area (Å²) in [5.41, 5.74) is 3.74. The van der Waals surface area contributed by atoms with Crippen molar-refractivity contribution in [3.63, 3.8) is 0 Å². The van der Waals surface area contributed by atoms with Gasteiger partial charge in [-0.2, -0.15) is 0 Å². The highest BCUT2D eigenvalue weighted by molar-refractivity contribution is 9.10. The third-order valence-corrected chi connectivity index (χ3v) is 4.77. The highest BCUT2D eigenvalue weighted by Gasteiger charge is 2.10. The number of H-pyrrole nitrogens is 1. The summed E-state index contributed by atoms with van der Waals surface area (Å²) in [5.74, 6) is 0.698. The van der Waals surface area contributed by atoms with Crippen LogP contribution in [0, 0.1) is 10.1 Å². The average molecular weight is 427 g/mol. The maximum atomic E-state index is 10.7. The van der Waals surface area contributed by atoms with Crippen molar-refractivity contribution in [2.75, 3.05) is 0 Å². The molecule has 0 bridgehead atoms. The standard InChI is InChI=1S/C19H15BrN4O3/c20-14-3-6-18-17(7-14)13(10-22-18)9-21-11-16-8-19(23-27-16)12-1-4-15(5-2-12)24(25)26/h1-8,10,21-22H,9,11H2. The summed E-state index contributed by atoms with van der Waals surface area (Å²) in [6, 6.07) is 14.2. The lowest BCUT2D eigenvalue weighted by molar-refractivity contribution is -0.384. The van der Waals surface area contributed by atoms with Gasteiger partial charge in [0.2, 0.25) is 0 Å². The highest BCUT2D eigenvalue weighted by Crippen LogP contribution is 2.24. The Bertz CT molecular complexity index is 1100. The Morgan fingerprint density at radius 2 is 1.96 bits per heavy atom. The molecule has 0 atom stereocenters. The number of non-ortho nitro benzene ring substituents is 1. The first-order valence-electron chi connectivity index (χ1n) is 8.27. The molecule has 2 aromatic carbocycles. The van der Waals surface area contributed by atoms with Crippen molar-refractivity contribution < 1.29 is 9.45 Å². The van der Waals surface area contributed by atoms with Gasteiger partial charge in [-0.3, -0.25) is 10.1 Å². The molecule has 0 aliphatic carbocycles. The molecule has 136 valence electrons. The summed E-state index contributed by atoms with van der Waals surface area (Å²) in [7, 11) is 0. The molecule has 0 radical (unpaired) electrons. The van der Waals surface area contributed by atoms with E-state index in [0.29, 0.717) is 24.5 Å². The van der Waals surface area contributed by atoms with Crippen molar-refractivity contribution in [3.8, 4) is 11.3 Å². The van der Waals surface area contributed by atoms with Gasteiger partial charge in [-0.15, -0.1) is 0 Å². The molecule has 0 unspecified atom stereocenters.